The third-order valence-electron chi connectivity index (χ3n) is 4.08. The minimum atomic E-state index is -0.348. The van der Waals surface area contributed by atoms with Gasteiger partial charge >= 0.3 is 12.2 Å². The highest BCUT2D eigenvalue weighted by Crippen LogP contribution is 2.34. The number of amides is 2. The molecular weight excluding hydrogens is 284 g/mol. The minimum Gasteiger partial charge on any atom is -0.450 e. The fourth-order valence-corrected chi connectivity index (χ4v) is 3.01. The van der Waals surface area contributed by atoms with Crippen molar-refractivity contribution >= 4 is 12.2 Å². The van der Waals surface area contributed by atoms with Crippen molar-refractivity contribution in [2.24, 2.45) is 0 Å². The molecule has 0 radical (unpaired) electrons. The van der Waals surface area contributed by atoms with Gasteiger partial charge in [0.25, 0.3) is 0 Å². The highest BCUT2D eigenvalue weighted by molar-refractivity contribution is 5.68. The van der Waals surface area contributed by atoms with Crippen LogP contribution in [0.25, 0.3) is 0 Å². The Morgan fingerprint density at radius 1 is 0.955 bits per heavy atom. The molecule has 2 N–H and O–H groups in total. The minimum absolute atomic E-state index is 0.0825. The quantitative estimate of drug-likeness (QED) is 0.640. The van der Waals surface area contributed by atoms with Crippen LogP contribution in [0, 0.1) is 0 Å². The topological polar surface area (TPSA) is 76.7 Å². The monoisotopic (exact) mass is 314 g/mol. The first-order chi connectivity index (χ1) is 10.6. The lowest BCUT2D eigenvalue weighted by molar-refractivity contribution is 0.135. The molecule has 128 valence electrons. The lowest BCUT2D eigenvalue weighted by atomic mass is 9.90. The van der Waals surface area contributed by atoms with Gasteiger partial charge in [-0.1, -0.05) is 25.7 Å². The summed E-state index contributed by atoms with van der Waals surface area (Å²) in [7, 11) is 0. The Morgan fingerprint density at radius 3 is 2.23 bits per heavy atom. The van der Waals surface area contributed by atoms with E-state index in [0.29, 0.717) is 19.8 Å². The number of nitrogens with one attached hydrogen (secondary N) is 2. The molecule has 0 saturated heterocycles. The Morgan fingerprint density at radius 2 is 1.59 bits per heavy atom. The summed E-state index contributed by atoms with van der Waals surface area (Å²) in [5, 5.41) is 5.79. The van der Waals surface area contributed by atoms with E-state index in [4.69, 9.17) is 9.47 Å². The molecule has 0 unspecified atom stereocenters. The zero-order valence-electron chi connectivity index (χ0n) is 13.9. The van der Waals surface area contributed by atoms with Gasteiger partial charge in [0.15, 0.2) is 0 Å². The second-order valence-electron chi connectivity index (χ2n) is 5.79. The van der Waals surface area contributed by atoms with Crippen LogP contribution in [0.2, 0.25) is 0 Å². The second-order valence-corrected chi connectivity index (χ2v) is 5.79. The van der Waals surface area contributed by atoms with Gasteiger partial charge < -0.3 is 20.1 Å². The fraction of sp³-hybridized carbons (Fsp3) is 0.875. The number of hydrogen-bond donors (Lipinski definition) is 2. The molecule has 0 heterocycles. The van der Waals surface area contributed by atoms with Crippen molar-refractivity contribution in [2.75, 3.05) is 19.8 Å². The van der Waals surface area contributed by atoms with Gasteiger partial charge in [0.2, 0.25) is 0 Å². The van der Waals surface area contributed by atoms with Crippen LogP contribution in [0.4, 0.5) is 9.59 Å². The van der Waals surface area contributed by atoms with Crippen molar-refractivity contribution in [2.45, 2.75) is 70.8 Å². The molecule has 0 spiro atoms. The van der Waals surface area contributed by atoms with Gasteiger partial charge in [-0.3, -0.25) is 0 Å². The normalized spacial score (nSPS) is 16.1. The maximum Gasteiger partial charge on any atom is 0.407 e. The van der Waals surface area contributed by atoms with Gasteiger partial charge in [0, 0.05) is 12.1 Å². The number of rotatable bonds is 9. The van der Waals surface area contributed by atoms with Crippen molar-refractivity contribution < 1.29 is 19.1 Å². The maximum absolute atomic E-state index is 11.7. The molecule has 1 rings (SSSR count). The number of ether oxygens (including phenoxy) is 2. The van der Waals surface area contributed by atoms with Crippen molar-refractivity contribution in [1.82, 2.24) is 10.6 Å². The Balaban J connectivity index is 2.19. The molecule has 0 aromatic rings. The van der Waals surface area contributed by atoms with Gasteiger partial charge in [-0.2, -0.15) is 0 Å². The molecule has 0 bridgehead atoms. The van der Waals surface area contributed by atoms with Crippen LogP contribution in [0.5, 0.6) is 0 Å². The molecule has 0 atom stereocenters. The average Bonchev–Trinajstić information content (AvgIpc) is 2.92. The largest absolute Gasteiger partial charge is 0.450 e. The molecule has 0 aromatic carbocycles. The second kappa shape index (κ2) is 10.3. The smallest absolute Gasteiger partial charge is 0.407 e. The van der Waals surface area contributed by atoms with E-state index in [2.05, 4.69) is 10.6 Å². The number of hydrogen-bond acceptors (Lipinski definition) is 4. The summed E-state index contributed by atoms with van der Waals surface area (Å²) in [6, 6.07) is 0. The maximum atomic E-state index is 11.7. The summed E-state index contributed by atoms with van der Waals surface area (Å²) < 4.78 is 9.81. The van der Waals surface area contributed by atoms with Gasteiger partial charge in [0.05, 0.1) is 13.2 Å². The molecule has 0 aromatic heterocycles. The van der Waals surface area contributed by atoms with Crippen molar-refractivity contribution in [3.8, 4) is 0 Å². The first-order valence-electron chi connectivity index (χ1n) is 8.47. The molecule has 1 fully saturated rings. The van der Waals surface area contributed by atoms with Gasteiger partial charge in [-0.15, -0.1) is 0 Å². The van der Waals surface area contributed by atoms with Crippen molar-refractivity contribution in [3.63, 3.8) is 0 Å². The Labute approximate surface area is 133 Å². The zero-order chi connectivity index (χ0) is 16.3. The summed E-state index contributed by atoms with van der Waals surface area (Å²) in [6.07, 6.45) is 7.72. The summed E-state index contributed by atoms with van der Waals surface area (Å²) in [5.41, 5.74) is -0.0825. The first-order valence-corrected chi connectivity index (χ1v) is 8.47. The molecule has 6 nitrogen and oxygen atoms in total. The van der Waals surface area contributed by atoms with E-state index in [1.54, 1.807) is 6.92 Å². The molecule has 1 saturated carbocycles. The van der Waals surface area contributed by atoms with Crippen LogP contribution < -0.4 is 10.6 Å². The Bertz CT molecular complexity index is 341. The summed E-state index contributed by atoms with van der Waals surface area (Å²) >= 11 is 0. The predicted molar refractivity (Wildman–Crippen MR) is 84.8 cm³/mol. The van der Waals surface area contributed by atoms with Crippen LogP contribution in [0.15, 0.2) is 0 Å². The predicted octanol–water partition coefficient (Wildman–Crippen LogP) is 3.35. The molecule has 6 heteroatoms. The summed E-state index contributed by atoms with van der Waals surface area (Å²) in [5.74, 6) is 0. The molecule has 1 aliphatic rings. The van der Waals surface area contributed by atoms with E-state index in [-0.39, 0.29) is 17.7 Å². The van der Waals surface area contributed by atoms with Crippen LogP contribution in [0.1, 0.15) is 65.2 Å². The number of carbonyl (C=O) groups excluding carboxylic acids is 2. The summed E-state index contributed by atoms with van der Waals surface area (Å²) in [6.45, 7) is 5.04. The Hall–Kier alpha value is -1.46. The average molecular weight is 314 g/mol. The van der Waals surface area contributed by atoms with Crippen LogP contribution in [-0.2, 0) is 9.47 Å². The highest BCUT2D eigenvalue weighted by atomic mass is 16.6. The lowest BCUT2D eigenvalue weighted by Crippen LogP contribution is -2.46. The summed E-state index contributed by atoms with van der Waals surface area (Å²) in [4.78, 5) is 22.8. The van der Waals surface area contributed by atoms with Crippen LogP contribution in [-0.4, -0.2) is 37.5 Å². The number of alkyl carbamates (subject to hydrolysis) is 2. The van der Waals surface area contributed by atoms with E-state index in [1.165, 1.54) is 0 Å². The fourth-order valence-electron chi connectivity index (χ4n) is 3.01. The third-order valence-corrected chi connectivity index (χ3v) is 4.08. The van der Waals surface area contributed by atoms with E-state index in [9.17, 15) is 9.59 Å². The van der Waals surface area contributed by atoms with E-state index >= 15 is 0 Å². The third kappa shape index (κ3) is 7.00. The van der Waals surface area contributed by atoms with E-state index in [0.717, 1.165) is 51.4 Å². The van der Waals surface area contributed by atoms with Gasteiger partial charge in [-0.25, -0.2) is 9.59 Å². The van der Waals surface area contributed by atoms with E-state index < -0.39 is 0 Å². The first kappa shape index (κ1) is 18.6. The standard InChI is InChI=1S/C16H30N2O4/c1-3-21-14(19)17-13-9-5-6-10-16(11-7-8-12-16)18-15(20)22-4-2/h3-13H2,1-2H3,(H,17,19)(H,18,20). The molecule has 22 heavy (non-hydrogen) atoms. The molecule has 0 aliphatic heterocycles. The lowest BCUT2D eigenvalue weighted by Gasteiger charge is -2.30. The van der Waals surface area contributed by atoms with Crippen LogP contribution in [0.3, 0.4) is 0 Å². The highest BCUT2D eigenvalue weighted by Gasteiger charge is 2.35. The SMILES string of the molecule is CCOC(=O)NCCCCCC1(NC(=O)OCC)CCCC1. The van der Waals surface area contributed by atoms with Crippen molar-refractivity contribution in [3.05, 3.63) is 0 Å². The molecule has 2 amide bonds. The number of carbonyl (C=O) groups is 2. The van der Waals surface area contributed by atoms with Gasteiger partial charge in [-0.05, 0) is 39.5 Å². The Kier molecular flexibility index (Phi) is 8.70. The zero-order valence-corrected chi connectivity index (χ0v) is 13.9. The van der Waals surface area contributed by atoms with Crippen molar-refractivity contribution in [1.29, 1.82) is 0 Å². The molecule has 1 aliphatic carbocycles. The molecular formula is C16H30N2O4. The number of unbranched alkanes of at least 4 members (excludes halogenated alkanes) is 2. The van der Waals surface area contributed by atoms with Crippen LogP contribution >= 0.6 is 0 Å². The van der Waals surface area contributed by atoms with Gasteiger partial charge in [0.1, 0.15) is 0 Å². The van der Waals surface area contributed by atoms with E-state index in [1.807, 2.05) is 6.92 Å².